The number of fused-ring (bicyclic) bond motifs is 6. The highest BCUT2D eigenvalue weighted by molar-refractivity contribution is 6.16. The van der Waals surface area contributed by atoms with Crippen molar-refractivity contribution < 1.29 is 0 Å². The van der Waals surface area contributed by atoms with Crippen LogP contribution in [-0.2, 0) is 5.41 Å². The molecule has 200 valence electrons. The van der Waals surface area contributed by atoms with E-state index in [9.17, 15) is 0 Å². The largest absolute Gasteiger partial charge is 0.310 e. The van der Waals surface area contributed by atoms with E-state index in [-0.39, 0.29) is 5.41 Å². The van der Waals surface area contributed by atoms with Gasteiger partial charge in [-0.25, -0.2) is 0 Å². The van der Waals surface area contributed by atoms with Crippen LogP contribution in [0.1, 0.15) is 25.0 Å². The second-order valence-electron chi connectivity index (χ2n) is 11.8. The number of benzene rings is 7. The van der Waals surface area contributed by atoms with E-state index in [2.05, 4.69) is 170 Å². The molecule has 1 nitrogen and oxygen atoms in total. The van der Waals surface area contributed by atoms with Crippen LogP contribution in [0.3, 0.4) is 0 Å². The highest BCUT2D eigenvalue weighted by Crippen LogP contribution is 2.51. The number of hydrogen-bond acceptors (Lipinski definition) is 1. The fourth-order valence-electron chi connectivity index (χ4n) is 6.93. The van der Waals surface area contributed by atoms with Gasteiger partial charge in [0.25, 0.3) is 0 Å². The van der Waals surface area contributed by atoms with Crippen molar-refractivity contribution in [1.82, 2.24) is 0 Å². The van der Waals surface area contributed by atoms with Crippen molar-refractivity contribution in [3.63, 3.8) is 0 Å². The lowest BCUT2D eigenvalue weighted by molar-refractivity contribution is 0.661. The number of anilines is 3. The van der Waals surface area contributed by atoms with Gasteiger partial charge in [0.1, 0.15) is 0 Å². The van der Waals surface area contributed by atoms with Crippen LogP contribution in [0.2, 0.25) is 0 Å². The molecular weight excluding hydrogens is 506 g/mol. The van der Waals surface area contributed by atoms with E-state index >= 15 is 0 Å². The van der Waals surface area contributed by atoms with Gasteiger partial charge in [-0.05, 0) is 92.0 Å². The van der Waals surface area contributed by atoms with Gasteiger partial charge >= 0.3 is 0 Å². The third kappa shape index (κ3) is 3.78. The molecule has 0 amide bonds. The first-order valence-corrected chi connectivity index (χ1v) is 14.7. The molecule has 0 saturated heterocycles. The molecule has 7 aromatic carbocycles. The first-order valence-electron chi connectivity index (χ1n) is 14.7. The van der Waals surface area contributed by atoms with Gasteiger partial charge in [0, 0.05) is 22.2 Å². The van der Waals surface area contributed by atoms with E-state index in [0.29, 0.717) is 0 Å². The molecule has 1 heteroatoms. The SMILES string of the molecule is CC1(C)c2ccccc2-c2cc3ccc4cccc(N(c5ccccc5)c5cccc(-c6ccccc6)c5)c4c3cc21. The van der Waals surface area contributed by atoms with Crippen LogP contribution in [0.15, 0.2) is 152 Å². The summed E-state index contributed by atoms with van der Waals surface area (Å²) in [7, 11) is 0. The highest BCUT2D eigenvalue weighted by Gasteiger charge is 2.35. The molecule has 0 aliphatic heterocycles. The average Bonchev–Trinajstić information content (AvgIpc) is 3.27. The van der Waals surface area contributed by atoms with Gasteiger partial charge in [-0.3, -0.25) is 0 Å². The molecule has 0 atom stereocenters. The minimum absolute atomic E-state index is 0.0552. The number of para-hydroxylation sites is 1. The Labute approximate surface area is 247 Å². The predicted molar refractivity (Wildman–Crippen MR) is 179 cm³/mol. The van der Waals surface area contributed by atoms with Crippen molar-refractivity contribution in [3.05, 3.63) is 163 Å². The predicted octanol–water partition coefficient (Wildman–Crippen LogP) is 11.4. The second-order valence-corrected chi connectivity index (χ2v) is 11.8. The van der Waals surface area contributed by atoms with Crippen LogP contribution in [0.4, 0.5) is 17.1 Å². The summed E-state index contributed by atoms with van der Waals surface area (Å²) in [6.07, 6.45) is 0. The zero-order valence-electron chi connectivity index (χ0n) is 23.9. The third-order valence-electron chi connectivity index (χ3n) is 9.01. The normalized spacial score (nSPS) is 13.2. The molecule has 42 heavy (non-hydrogen) atoms. The molecular formula is C41H31N. The van der Waals surface area contributed by atoms with Crippen molar-refractivity contribution in [3.8, 4) is 22.3 Å². The maximum Gasteiger partial charge on any atom is 0.0546 e. The summed E-state index contributed by atoms with van der Waals surface area (Å²) in [5.74, 6) is 0. The molecule has 1 aliphatic carbocycles. The summed E-state index contributed by atoms with van der Waals surface area (Å²) < 4.78 is 0. The highest BCUT2D eigenvalue weighted by atomic mass is 15.1. The van der Waals surface area contributed by atoms with E-state index in [1.165, 1.54) is 60.6 Å². The number of rotatable bonds is 4. The Bertz CT molecular complexity index is 2110. The first-order chi connectivity index (χ1) is 20.6. The lowest BCUT2D eigenvalue weighted by atomic mass is 9.81. The molecule has 7 aromatic rings. The van der Waals surface area contributed by atoms with E-state index in [0.717, 1.165) is 11.4 Å². The third-order valence-corrected chi connectivity index (χ3v) is 9.01. The summed E-state index contributed by atoms with van der Waals surface area (Å²) >= 11 is 0. The maximum atomic E-state index is 2.47. The molecule has 0 bridgehead atoms. The summed E-state index contributed by atoms with van der Waals surface area (Å²) in [6, 6.07) is 55.3. The average molecular weight is 538 g/mol. The molecule has 0 radical (unpaired) electrons. The Morgan fingerprint density at radius 2 is 1.12 bits per heavy atom. The Kier molecular flexibility index (Phi) is 5.55. The Morgan fingerprint density at radius 1 is 0.452 bits per heavy atom. The molecule has 0 N–H and O–H groups in total. The molecule has 0 unspecified atom stereocenters. The fourth-order valence-corrected chi connectivity index (χ4v) is 6.93. The molecule has 1 aliphatic rings. The summed E-state index contributed by atoms with van der Waals surface area (Å²) in [5.41, 5.74) is 11.3. The monoisotopic (exact) mass is 537 g/mol. The van der Waals surface area contributed by atoms with Gasteiger partial charge in [-0.2, -0.15) is 0 Å². The minimum atomic E-state index is -0.0552. The Morgan fingerprint density at radius 3 is 1.95 bits per heavy atom. The van der Waals surface area contributed by atoms with Gasteiger partial charge < -0.3 is 4.90 Å². The van der Waals surface area contributed by atoms with Gasteiger partial charge in [-0.1, -0.05) is 123 Å². The molecule has 0 heterocycles. The topological polar surface area (TPSA) is 3.24 Å². The van der Waals surface area contributed by atoms with Crippen LogP contribution in [0.5, 0.6) is 0 Å². The van der Waals surface area contributed by atoms with E-state index in [1.54, 1.807) is 0 Å². The van der Waals surface area contributed by atoms with Crippen molar-refractivity contribution in [1.29, 1.82) is 0 Å². The van der Waals surface area contributed by atoms with Gasteiger partial charge in [0.05, 0.1) is 5.69 Å². The maximum absolute atomic E-state index is 2.47. The smallest absolute Gasteiger partial charge is 0.0546 e. The molecule has 0 fully saturated rings. The zero-order chi connectivity index (χ0) is 28.3. The lowest BCUT2D eigenvalue weighted by Crippen LogP contribution is -2.15. The minimum Gasteiger partial charge on any atom is -0.310 e. The van der Waals surface area contributed by atoms with Crippen molar-refractivity contribution in [2.45, 2.75) is 19.3 Å². The lowest BCUT2D eigenvalue weighted by Gasteiger charge is -2.28. The van der Waals surface area contributed by atoms with Gasteiger partial charge in [0.15, 0.2) is 0 Å². The first kappa shape index (κ1) is 24.6. The van der Waals surface area contributed by atoms with Crippen LogP contribution < -0.4 is 4.90 Å². The van der Waals surface area contributed by atoms with Crippen molar-refractivity contribution in [2.24, 2.45) is 0 Å². The summed E-state index contributed by atoms with van der Waals surface area (Å²) in [6.45, 7) is 4.72. The second kappa shape index (κ2) is 9.46. The summed E-state index contributed by atoms with van der Waals surface area (Å²) in [5, 5.41) is 5.09. The van der Waals surface area contributed by atoms with Crippen molar-refractivity contribution in [2.75, 3.05) is 4.90 Å². The Hall–Kier alpha value is -5.14. The standard InChI is InChI=1S/C41H31N/c1-41(2)37-21-10-9-20-34(37)36-26-31-24-23-29-15-12-22-39(40(29)35(31)27-38(36)41)42(32-17-7-4-8-18-32)33-19-11-16-30(25-33)28-13-5-3-6-14-28/h3-27H,1-2H3. The Balaban J connectivity index is 1.41. The van der Waals surface area contributed by atoms with E-state index in [4.69, 9.17) is 0 Å². The summed E-state index contributed by atoms with van der Waals surface area (Å²) in [4.78, 5) is 2.42. The van der Waals surface area contributed by atoms with Crippen LogP contribution in [-0.4, -0.2) is 0 Å². The van der Waals surface area contributed by atoms with Gasteiger partial charge in [-0.15, -0.1) is 0 Å². The van der Waals surface area contributed by atoms with Crippen LogP contribution >= 0.6 is 0 Å². The molecule has 0 spiro atoms. The zero-order valence-corrected chi connectivity index (χ0v) is 23.9. The van der Waals surface area contributed by atoms with Crippen molar-refractivity contribution >= 4 is 38.6 Å². The molecule has 8 rings (SSSR count). The molecule has 0 aromatic heterocycles. The van der Waals surface area contributed by atoms with E-state index in [1.807, 2.05) is 0 Å². The quantitative estimate of drug-likeness (QED) is 0.202. The van der Waals surface area contributed by atoms with Crippen LogP contribution in [0.25, 0.3) is 43.8 Å². The molecule has 0 saturated carbocycles. The van der Waals surface area contributed by atoms with Crippen LogP contribution in [0, 0.1) is 0 Å². The van der Waals surface area contributed by atoms with E-state index < -0.39 is 0 Å². The fraction of sp³-hybridized carbons (Fsp3) is 0.0732. The number of nitrogens with zero attached hydrogens (tertiary/aromatic N) is 1. The van der Waals surface area contributed by atoms with Gasteiger partial charge in [0.2, 0.25) is 0 Å². The number of hydrogen-bond donors (Lipinski definition) is 0.